The molecule has 2 aliphatic heterocycles. The van der Waals surface area contributed by atoms with Gasteiger partial charge in [-0.3, -0.25) is 4.79 Å². The molecule has 2 aliphatic rings. The first-order chi connectivity index (χ1) is 13.0. The van der Waals surface area contributed by atoms with Crippen molar-refractivity contribution < 1.29 is 23.1 Å². The Labute approximate surface area is 160 Å². The van der Waals surface area contributed by atoms with Crippen LogP contribution in [0.5, 0.6) is 0 Å². The lowest BCUT2D eigenvalue weighted by atomic mass is 9.77. The molecule has 1 aromatic carbocycles. The summed E-state index contributed by atoms with van der Waals surface area (Å²) in [6.45, 7) is 0.385. The van der Waals surface area contributed by atoms with Crippen molar-refractivity contribution in [3.8, 4) is 0 Å². The van der Waals surface area contributed by atoms with Crippen molar-refractivity contribution in [2.75, 3.05) is 6.54 Å². The third kappa shape index (κ3) is 5.18. The maximum atomic E-state index is 12.5. The summed E-state index contributed by atoms with van der Waals surface area (Å²) >= 11 is 0. The van der Waals surface area contributed by atoms with Crippen molar-refractivity contribution in [1.29, 1.82) is 0 Å². The molecule has 1 aromatic rings. The van der Waals surface area contributed by atoms with Gasteiger partial charge in [-0.15, -0.1) is 0 Å². The number of carbonyl (C=O) groups is 1. The van der Waals surface area contributed by atoms with Crippen molar-refractivity contribution in [2.24, 2.45) is 11.8 Å². The number of hydrogen-bond donors (Lipinski definition) is 2. The zero-order chi connectivity index (χ0) is 19.3. The monoisotopic (exact) mass is 393 g/mol. The van der Waals surface area contributed by atoms with Crippen LogP contribution in [0, 0.1) is 11.8 Å². The molecule has 6 nitrogen and oxygen atoms in total. The van der Waals surface area contributed by atoms with Gasteiger partial charge in [0.2, 0.25) is 10.0 Å². The maximum absolute atomic E-state index is 12.5. The van der Waals surface area contributed by atoms with Crippen LogP contribution in [0.1, 0.15) is 38.5 Å². The first-order valence-electron chi connectivity index (χ1n) is 9.54. The molecule has 0 aliphatic carbocycles. The zero-order valence-corrected chi connectivity index (χ0v) is 16.1. The molecular weight excluding hydrogens is 366 g/mol. The van der Waals surface area contributed by atoms with Crippen LogP contribution in [0.2, 0.25) is 0 Å². The Balaban J connectivity index is 1.54. The molecule has 2 N–H and O–H groups in total. The number of hydrogen-bond acceptors (Lipinski definition) is 4. The molecule has 2 fully saturated rings. The lowest BCUT2D eigenvalue weighted by Crippen LogP contribution is -2.38. The molecule has 0 saturated carbocycles. The molecule has 4 atom stereocenters. The zero-order valence-electron chi connectivity index (χ0n) is 15.3. The molecule has 0 aromatic heterocycles. The van der Waals surface area contributed by atoms with E-state index < -0.39 is 16.0 Å². The normalized spacial score (nSPS) is 27.4. The second kappa shape index (κ2) is 8.99. The topological polar surface area (TPSA) is 92.7 Å². The van der Waals surface area contributed by atoms with Crippen LogP contribution >= 0.6 is 0 Å². The number of carboxylic acids is 1. The molecule has 3 rings (SSSR count). The van der Waals surface area contributed by atoms with E-state index in [4.69, 9.17) is 9.84 Å². The number of nitrogens with one attached hydrogen (secondary N) is 1. The minimum atomic E-state index is -3.51. The number of unbranched alkanes of at least 4 members (excludes halogenated alkanes) is 1. The number of fused-ring (bicyclic) bond motifs is 2. The fourth-order valence-electron chi connectivity index (χ4n) is 4.11. The highest BCUT2D eigenvalue weighted by molar-refractivity contribution is 7.89. The van der Waals surface area contributed by atoms with Gasteiger partial charge < -0.3 is 9.84 Å². The second-order valence-electron chi connectivity index (χ2n) is 7.28. The van der Waals surface area contributed by atoms with Gasteiger partial charge in [-0.05, 0) is 50.2 Å². The third-order valence-corrected chi connectivity index (χ3v) is 6.93. The molecule has 7 heteroatoms. The van der Waals surface area contributed by atoms with Crippen LogP contribution in [0.3, 0.4) is 0 Å². The standard InChI is InChI=1S/C20H27NO5S/c22-20(23)11-7-2-1-6-10-16-17(19-13-12-18(16)26-19)14-21-27(24,25)15-8-4-3-5-9-15/h1,3-6,8-9,16-19,21H,2,7,10-14H2,(H,22,23)/b6-1-/t16-,17+,18-,19+/m1/s1. The van der Waals surface area contributed by atoms with Gasteiger partial charge in [-0.1, -0.05) is 30.4 Å². The summed E-state index contributed by atoms with van der Waals surface area (Å²) in [6, 6.07) is 8.41. The smallest absolute Gasteiger partial charge is 0.303 e. The van der Waals surface area contributed by atoms with E-state index in [0.29, 0.717) is 18.9 Å². The predicted molar refractivity (Wildman–Crippen MR) is 102 cm³/mol. The highest BCUT2D eigenvalue weighted by Crippen LogP contribution is 2.45. The number of rotatable bonds is 10. The fraction of sp³-hybridized carbons (Fsp3) is 0.550. The van der Waals surface area contributed by atoms with Crippen LogP contribution in [0.4, 0.5) is 0 Å². The van der Waals surface area contributed by atoms with Crippen molar-refractivity contribution >= 4 is 16.0 Å². The van der Waals surface area contributed by atoms with E-state index in [2.05, 4.69) is 10.8 Å². The van der Waals surface area contributed by atoms with Gasteiger partial charge in [0, 0.05) is 18.9 Å². The summed E-state index contributed by atoms with van der Waals surface area (Å²) in [5.41, 5.74) is 0. The Morgan fingerprint density at radius 3 is 2.56 bits per heavy atom. The summed E-state index contributed by atoms with van der Waals surface area (Å²) in [5.74, 6) is -0.292. The Hall–Kier alpha value is -1.70. The largest absolute Gasteiger partial charge is 0.481 e. The molecule has 2 saturated heterocycles. The SMILES string of the molecule is O=C(O)CCC/C=C\C[C@@H]1[C@H](CNS(=O)(=O)c2ccccc2)[C@@H]2CC[C@H]1O2. The lowest BCUT2D eigenvalue weighted by Gasteiger charge is -2.27. The summed E-state index contributed by atoms with van der Waals surface area (Å²) in [5, 5.41) is 8.66. The molecular formula is C20H27NO5S. The van der Waals surface area contributed by atoms with E-state index in [1.54, 1.807) is 30.3 Å². The third-order valence-electron chi connectivity index (χ3n) is 5.49. The van der Waals surface area contributed by atoms with Crippen molar-refractivity contribution in [1.82, 2.24) is 4.72 Å². The van der Waals surface area contributed by atoms with E-state index in [-0.39, 0.29) is 29.4 Å². The van der Waals surface area contributed by atoms with Crippen molar-refractivity contribution in [2.45, 2.75) is 55.6 Å². The van der Waals surface area contributed by atoms with Crippen LogP contribution in [-0.2, 0) is 19.6 Å². The number of aliphatic carboxylic acids is 1. The Bertz CT molecular complexity index is 762. The van der Waals surface area contributed by atoms with Gasteiger partial charge >= 0.3 is 5.97 Å². The summed E-state index contributed by atoms with van der Waals surface area (Å²) in [6.07, 6.45) is 8.88. The highest BCUT2D eigenvalue weighted by Gasteiger charge is 2.48. The van der Waals surface area contributed by atoms with E-state index in [9.17, 15) is 13.2 Å². The second-order valence-corrected chi connectivity index (χ2v) is 9.04. The fourth-order valence-corrected chi connectivity index (χ4v) is 5.21. The van der Waals surface area contributed by atoms with Gasteiger partial charge in [0.15, 0.2) is 0 Å². The van der Waals surface area contributed by atoms with Gasteiger partial charge in [0.1, 0.15) is 0 Å². The first kappa shape index (κ1) is 20.0. The maximum Gasteiger partial charge on any atom is 0.303 e. The number of carboxylic acid groups (broad SMARTS) is 1. The summed E-state index contributed by atoms with van der Waals surface area (Å²) in [7, 11) is -3.51. The number of allylic oxidation sites excluding steroid dienone is 2. The average molecular weight is 394 g/mol. The molecule has 2 heterocycles. The van der Waals surface area contributed by atoms with Crippen molar-refractivity contribution in [3.63, 3.8) is 0 Å². The van der Waals surface area contributed by atoms with E-state index >= 15 is 0 Å². The van der Waals surface area contributed by atoms with Gasteiger partial charge in [0.25, 0.3) is 0 Å². The summed E-state index contributed by atoms with van der Waals surface area (Å²) in [4.78, 5) is 10.8. The van der Waals surface area contributed by atoms with Crippen LogP contribution in [-0.4, -0.2) is 38.2 Å². The quantitative estimate of drug-likeness (QED) is 0.471. The molecule has 27 heavy (non-hydrogen) atoms. The first-order valence-corrected chi connectivity index (χ1v) is 11.0. The van der Waals surface area contributed by atoms with E-state index in [1.165, 1.54) is 0 Å². The predicted octanol–water partition coefficient (Wildman–Crippen LogP) is 2.96. The number of benzene rings is 1. The Morgan fingerprint density at radius 1 is 1.15 bits per heavy atom. The Kier molecular flexibility index (Phi) is 6.68. The molecule has 148 valence electrons. The molecule has 0 amide bonds. The average Bonchev–Trinajstić information content (AvgIpc) is 3.25. The van der Waals surface area contributed by atoms with Crippen molar-refractivity contribution in [3.05, 3.63) is 42.5 Å². The van der Waals surface area contributed by atoms with Crippen LogP contribution in [0.25, 0.3) is 0 Å². The minimum absolute atomic E-state index is 0.124. The van der Waals surface area contributed by atoms with Gasteiger partial charge in [0.05, 0.1) is 17.1 Å². The minimum Gasteiger partial charge on any atom is -0.481 e. The Morgan fingerprint density at radius 2 is 1.85 bits per heavy atom. The van der Waals surface area contributed by atoms with Crippen LogP contribution < -0.4 is 4.72 Å². The molecule has 0 radical (unpaired) electrons. The molecule has 0 spiro atoms. The lowest BCUT2D eigenvalue weighted by molar-refractivity contribution is -0.137. The van der Waals surface area contributed by atoms with Crippen LogP contribution in [0.15, 0.2) is 47.4 Å². The molecule has 2 bridgehead atoms. The van der Waals surface area contributed by atoms with Gasteiger partial charge in [-0.2, -0.15) is 0 Å². The number of sulfonamides is 1. The van der Waals surface area contributed by atoms with Gasteiger partial charge in [-0.25, -0.2) is 13.1 Å². The summed E-state index contributed by atoms with van der Waals surface area (Å²) < 4.78 is 33.7. The number of ether oxygens (including phenoxy) is 1. The highest BCUT2D eigenvalue weighted by atomic mass is 32.2. The van der Waals surface area contributed by atoms with E-state index in [0.717, 1.165) is 25.7 Å². The molecule has 0 unspecified atom stereocenters. The van der Waals surface area contributed by atoms with E-state index in [1.807, 2.05) is 6.08 Å².